The SMILES string of the molecule is CCC(=O)[C@@H]1C[C@]23CNC(=O)C[C@@H](C)CCCCc4cc(-c5cnc6cc(C)nn6c5)cc5c(C(C)=O)nn(c45)CC(=O)N1[C@@H]2C3. The van der Waals surface area contributed by atoms with Crippen LogP contribution in [0.15, 0.2) is 30.6 Å². The number of carbonyl (C=O) groups excluding carboxylic acids is 4. The number of benzene rings is 1. The summed E-state index contributed by atoms with van der Waals surface area (Å²) < 4.78 is 3.44. The van der Waals surface area contributed by atoms with Gasteiger partial charge in [-0.05, 0) is 61.8 Å². The summed E-state index contributed by atoms with van der Waals surface area (Å²) in [6.07, 6.45) is 9.32. The average Bonchev–Trinajstić information content (AvgIpc) is 3.27. The second-order valence-corrected chi connectivity index (χ2v) is 13.8. The van der Waals surface area contributed by atoms with Crippen molar-refractivity contribution in [2.24, 2.45) is 11.3 Å². The predicted octanol–water partition coefficient (Wildman–Crippen LogP) is 4.46. The molecule has 11 nitrogen and oxygen atoms in total. The number of Topliss-reactive ketones (excluding diaryl/α,β-unsaturated/α-hetero) is 2. The van der Waals surface area contributed by atoms with Gasteiger partial charge in [0, 0.05) is 67.2 Å². The van der Waals surface area contributed by atoms with E-state index in [1.807, 2.05) is 38.4 Å². The van der Waals surface area contributed by atoms with Gasteiger partial charge in [0.2, 0.25) is 11.8 Å². The fourth-order valence-corrected chi connectivity index (χ4v) is 7.82. The van der Waals surface area contributed by atoms with Crippen LogP contribution >= 0.6 is 0 Å². The van der Waals surface area contributed by atoms with Crippen molar-refractivity contribution in [3.63, 3.8) is 0 Å². The molecule has 2 amide bonds. The zero-order valence-electron chi connectivity index (χ0n) is 27.0. The lowest BCUT2D eigenvalue weighted by Gasteiger charge is -2.26. The number of ketones is 2. The largest absolute Gasteiger partial charge is 0.355 e. The summed E-state index contributed by atoms with van der Waals surface area (Å²) in [5.74, 6) is -0.0604. The van der Waals surface area contributed by atoms with Crippen molar-refractivity contribution >= 4 is 39.9 Å². The van der Waals surface area contributed by atoms with Gasteiger partial charge >= 0.3 is 0 Å². The van der Waals surface area contributed by atoms with Crippen molar-refractivity contribution in [2.45, 2.75) is 97.7 Å². The number of nitrogens with one attached hydrogen (secondary N) is 1. The van der Waals surface area contributed by atoms with Crippen molar-refractivity contribution in [1.29, 1.82) is 0 Å². The highest BCUT2D eigenvalue weighted by atomic mass is 16.2. The van der Waals surface area contributed by atoms with Crippen molar-refractivity contribution in [1.82, 2.24) is 34.6 Å². The molecule has 7 rings (SSSR count). The first kappa shape index (κ1) is 30.3. The highest BCUT2D eigenvalue weighted by Gasteiger charge is 2.66. The molecule has 1 aliphatic carbocycles. The van der Waals surface area contributed by atoms with Gasteiger partial charge in [-0.2, -0.15) is 10.2 Å². The summed E-state index contributed by atoms with van der Waals surface area (Å²) in [6, 6.07) is 5.39. The van der Waals surface area contributed by atoms with E-state index in [1.54, 1.807) is 14.1 Å². The molecule has 46 heavy (non-hydrogen) atoms. The zero-order chi connectivity index (χ0) is 32.3. The Morgan fingerprint density at radius 2 is 1.91 bits per heavy atom. The number of carbonyl (C=O) groups is 4. The quantitative estimate of drug-likeness (QED) is 0.332. The van der Waals surface area contributed by atoms with Crippen molar-refractivity contribution in [3.05, 3.63) is 47.5 Å². The summed E-state index contributed by atoms with van der Waals surface area (Å²) >= 11 is 0. The van der Waals surface area contributed by atoms with Gasteiger partial charge in [-0.25, -0.2) is 9.50 Å². The van der Waals surface area contributed by atoms with Crippen molar-refractivity contribution < 1.29 is 19.2 Å². The van der Waals surface area contributed by atoms with E-state index in [2.05, 4.69) is 28.4 Å². The molecule has 2 fully saturated rings. The smallest absolute Gasteiger partial charge is 0.245 e. The van der Waals surface area contributed by atoms with Gasteiger partial charge in [0.15, 0.2) is 17.2 Å². The van der Waals surface area contributed by atoms with Gasteiger partial charge in [0.25, 0.3) is 0 Å². The van der Waals surface area contributed by atoms with E-state index < -0.39 is 6.04 Å². The minimum atomic E-state index is -0.514. The van der Waals surface area contributed by atoms with Gasteiger partial charge in [-0.15, -0.1) is 0 Å². The fraction of sp³-hybridized carbons (Fsp3) is 0.514. The number of piperidine rings is 1. The van der Waals surface area contributed by atoms with Crippen LogP contribution in [0, 0.1) is 18.3 Å². The number of aryl methyl sites for hydroxylation is 2. The first-order valence-electron chi connectivity index (χ1n) is 16.5. The van der Waals surface area contributed by atoms with Crippen molar-refractivity contribution in [2.75, 3.05) is 6.54 Å². The number of aromatic nitrogens is 5. The fourth-order valence-electron chi connectivity index (χ4n) is 7.82. The molecular formula is C35H41N7O4. The Morgan fingerprint density at radius 1 is 1.09 bits per heavy atom. The van der Waals surface area contributed by atoms with Gasteiger partial charge < -0.3 is 10.2 Å². The molecule has 0 unspecified atom stereocenters. The molecule has 1 saturated carbocycles. The molecule has 4 atom stereocenters. The second kappa shape index (κ2) is 11.4. The van der Waals surface area contributed by atoms with E-state index in [-0.39, 0.29) is 47.3 Å². The molecule has 3 aromatic heterocycles. The van der Waals surface area contributed by atoms with Gasteiger partial charge in [0.05, 0.1) is 17.3 Å². The van der Waals surface area contributed by atoms with Crippen LogP contribution in [0.1, 0.15) is 87.5 Å². The molecule has 240 valence electrons. The normalized spacial score (nSPS) is 25.4. The van der Waals surface area contributed by atoms with Crippen molar-refractivity contribution in [3.8, 4) is 11.1 Å². The van der Waals surface area contributed by atoms with Crippen LogP contribution in [0.25, 0.3) is 27.7 Å². The Kier molecular flexibility index (Phi) is 7.52. The maximum absolute atomic E-state index is 14.2. The maximum Gasteiger partial charge on any atom is 0.245 e. The van der Waals surface area contributed by atoms with Crippen LogP contribution in [0.2, 0.25) is 0 Å². The van der Waals surface area contributed by atoms with Crippen LogP contribution in [-0.2, 0) is 27.3 Å². The van der Waals surface area contributed by atoms with Crippen LogP contribution in [0.4, 0.5) is 0 Å². The highest BCUT2D eigenvalue weighted by Crippen LogP contribution is 2.59. The van der Waals surface area contributed by atoms with E-state index in [4.69, 9.17) is 5.10 Å². The molecule has 5 heterocycles. The predicted molar refractivity (Wildman–Crippen MR) is 172 cm³/mol. The van der Waals surface area contributed by atoms with Crippen LogP contribution in [-0.4, -0.2) is 71.3 Å². The van der Waals surface area contributed by atoms with Crippen LogP contribution in [0.3, 0.4) is 0 Å². The Bertz CT molecular complexity index is 1910. The van der Waals surface area contributed by atoms with Crippen LogP contribution in [0.5, 0.6) is 0 Å². The Hall–Kier alpha value is -4.41. The molecule has 0 radical (unpaired) electrons. The molecular weight excluding hydrogens is 582 g/mol. The van der Waals surface area contributed by atoms with Gasteiger partial charge in [0.1, 0.15) is 12.2 Å². The minimum Gasteiger partial charge on any atom is -0.355 e. The Balaban J connectivity index is 1.33. The molecule has 11 heteroatoms. The van der Waals surface area contributed by atoms with Gasteiger partial charge in [-0.1, -0.05) is 26.7 Å². The monoisotopic (exact) mass is 623 g/mol. The number of rotatable bonds is 4. The number of hydrogen-bond acceptors (Lipinski definition) is 7. The van der Waals surface area contributed by atoms with E-state index >= 15 is 0 Å². The lowest BCUT2D eigenvalue weighted by molar-refractivity contribution is -0.139. The lowest BCUT2D eigenvalue weighted by Crippen LogP contribution is -2.44. The third kappa shape index (κ3) is 5.29. The minimum absolute atomic E-state index is 0.0317. The van der Waals surface area contributed by atoms with E-state index in [0.29, 0.717) is 43.3 Å². The molecule has 3 aliphatic rings. The van der Waals surface area contributed by atoms with Gasteiger partial charge in [-0.3, -0.25) is 23.9 Å². The summed E-state index contributed by atoms with van der Waals surface area (Å²) in [6.45, 7) is 7.78. The van der Waals surface area contributed by atoms with E-state index in [1.165, 1.54) is 6.92 Å². The molecule has 2 aliphatic heterocycles. The standard InChI is InChI=1S/C35H41N7O4/c1-5-28(44)27-14-35-15-29(35)42(27)32(46)18-41-34-23(9-7-6-8-20(2)10-31(45)37-19-35)12-24(13-26(34)33(39-41)22(4)43)25-16-36-30-11-21(3)38-40(30)17-25/h11-13,16-17,20,27,29H,5-10,14-15,18-19H2,1-4H3,(H,37,45)/t20-,27-,29+,35-/m0/s1. The summed E-state index contributed by atoms with van der Waals surface area (Å²) in [7, 11) is 0. The Labute approximate surface area is 267 Å². The maximum atomic E-state index is 14.2. The number of nitrogens with zero attached hydrogens (tertiary/aromatic N) is 6. The zero-order valence-corrected chi connectivity index (χ0v) is 27.0. The lowest BCUT2D eigenvalue weighted by atomic mass is 9.94. The topological polar surface area (TPSA) is 132 Å². The molecule has 0 spiro atoms. The Morgan fingerprint density at radius 3 is 2.70 bits per heavy atom. The summed E-state index contributed by atoms with van der Waals surface area (Å²) in [4.78, 5) is 59.5. The third-order valence-corrected chi connectivity index (χ3v) is 10.3. The molecule has 1 aromatic carbocycles. The molecule has 4 aromatic rings. The summed E-state index contributed by atoms with van der Waals surface area (Å²) in [5.41, 5.74) is 5.21. The third-order valence-electron chi connectivity index (χ3n) is 10.3. The average molecular weight is 624 g/mol. The van der Waals surface area contributed by atoms with E-state index in [9.17, 15) is 19.2 Å². The first-order chi connectivity index (χ1) is 22.1. The number of hydrogen-bond donors (Lipinski definition) is 1. The number of fused-ring (bicyclic) bond motifs is 1. The number of amides is 2. The van der Waals surface area contributed by atoms with Crippen LogP contribution < -0.4 is 5.32 Å². The molecule has 2 bridgehead atoms. The first-order valence-corrected chi connectivity index (χ1v) is 16.5. The molecule has 1 saturated heterocycles. The molecule has 1 N–H and O–H groups in total. The summed E-state index contributed by atoms with van der Waals surface area (Å²) in [5, 5.41) is 13.1. The second-order valence-electron chi connectivity index (χ2n) is 13.8. The van der Waals surface area contributed by atoms with E-state index in [0.717, 1.165) is 59.2 Å². The highest BCUT2D eigenvalue weighted by molar-refractivity contribution is 6.07.